The van der Waals surface area contributed by atoms with Crippen molar-refractivity contribution >= 4 is 11.6 Å². The van der Waals surface area contributed by atoms with Crippen LogP contribution in [0.25, 0.3) is 0 Å². The first-order chi connectivity index (χ1) is 11.6. The van der Waals surface area contributed by atoms with Crippen LogP contribution in [0.3, 0.4) is 0 Å². The van der Waals surface area contributed by atoms with Gasteiger partial charge in [0.05, 0.1) is 11.0 Å². The Morgan fingerprint density at radius 2 is 1.83 bits per heavy atom. The van der Waals surface area contributed by atoms with Crippen molar-refractivity contribution in [3.63, 3.8) is 0 Å². The van der Waals surface area contributed by atoms with Crippen LogP contribution in [0.5, 0.6) is 5.75 Å². The highest BCUT2D eigenvalue weighted by molar-refractivity contribution is 5.78. The average molecular weight is 330 g/mol. The molecule has 4 bridgehead atoms. The standard InChI is InChI=1S/C18H22N2O4/c21-17(10-24-16-3-1-2-15(9-16)20(22)23)19-18-13-5-11-4-12(7-13)8-14(18)6-11/h1-3,9,11-14,18H,4-8,10H2,(H,19,21). The third-order valence-corrected chi connectivity index (χ3v) is 5.95. The van der Waals surface area contributed by atoms with Gasteiger partial charge in [-0.25, -0.2) is 0 Å². The minimum atomic E-state index is -0.471. The van der Waals surface area contributed by atoms with Crippen LogP contribution in [-0.2, 0) is 4.79 Å². The first kappa shape index (κ1) is 15.4. The van der Waals surface area contributed by atoms with Gasteiger partial charge in [0.2, 0.25) is 0 Å². The van der Waals surface area contributed by atoms with Crippen molar-refractivity contribution in [1.29, 1.82) is 0 Å². The van der Waals surface area contributed by atoms with Crippen LogP contribution < -0.4 is 10.1 Å². The largest absolute Gasteiger partial charge is 0.484 e. The van der Waals surface area contributed by atoms with Crippen molar-refractivity contribution in [3.05, 3.63) is 34.4 Å². The lowest BCUT2D eigenvalue weighted by molar-refractivity contribution is -0.384. The normalized spacial score (nSPS) is 33.2. The summed E-state index contributed by atoms with van der Waals surface area (Å²) >= 11 is 0. The second-order valence-electron chi connectivity index (χ2n) is 7.57. The predicted octanol–water partition coefficient (Wildman–Crippen LogP) is 2.91. The number of nitro groups is 1. The van der Waals surface area contributed by atoms with Gasteiger partial charge < -0.3 is 10.1 Å². The van der Waals surface area contributed by atoms with E-state index in [0.717, 1.165) is 11.8 Å². The SMILES string of the molecule is O=C(COc1cccc([N+](=O)[O-])c1)NC1C2CC3CC(C2)CC1C3. The van der Waals surface area contributed by atoms with Crippen LogP contribution in [0.1, 0.15) is 32.1 Å². The Labute approximate surface area is 140 Å². The van der Waals surface area contributed by atoms with Gasteiger partial charge in [0.25, 0.3) is 11.6 Å². The summed E-state index contributed by atoms with van der Waals surface area (Å²) in [5, 5.41) is 13.9. The Hall–Kier alpha value is -2.11. The number of amides is 1. The van der Waals surface area contributed by atoms with Gasteiger partial charge in [0.15, 0.2) is 6.61 Å². The van der Waals surface area contributed by atoms with Gasteiger partial charge in [-0.1, -0.05) is 6.07 Å². The topological polar surface area (TPSA) is 81.5 Å². The van der Waals surface area contributed by atoms with E-state index in [9.17, 15) is 14.9 Å². The molecule has 6 heteroatoms. The molecule has 1 aromatic carbocycles. The van der Waals surface area contributed by atoms with Gasteiger partial charge in [-0.15, -0.1) is 0 Å². The zero-order valence-electron chi connectivity index (χ0n) is 13.5. The number of ether oxygens (including phenoxy) is 1. The number of nitrogens with zero attached hydrogens (tertiary/aromatic N) is 1. The summed E-state index contributed by atoms with van der Waals surface area (Å²) in [5.41, 5.74) is -0.0334. The molecule has 128 valence electrons. The van der Waals surface area contributed by atoms with E-state index in [1.165, 1.54) is 44.2 Å². The molecular weight excluding hydrogens is 308 g/mol. The first-order valence-corrected chi connectivity index (χ1v) is 8.75. The molecule has 4 aliphatic carbocycles. The number of nitrogens with one attached hydrogen (secondary N) is 1. The second-order valence-corrected chi connectivity index (χ2v) is 7.57. The van der Waals surface area contributed by atoms with Gasteiger partial charge in [-0.3, -0.25) is 14.9 Å². The quantitative estimate of drug-likeness (QED) is 0.665. The van der Waals surface area contributed by atoms with Crippen molar-refractivity contribution in [2.45, 2.75) is 38.1 Å². The van der Waals surface area contributed by atoms with Crippen LogP contribution in [0.4, 0.5) is 5.69 Å². The minimum Gasteiger partial charge on any atom is -0.484 e. The molecule has 0 unspecified atom stereocenters. The lowest BCUT2D eigenvalue weighted by Crippen LogP contribution is -2.56. The number of hydrogen-bond donors (Lipinski definition) is 1. The zero-order valence-corrected chi connectivity index (χ0v) is 13.5. The molecule has 5 rings (SSSR count). The molecule has 0 aliphatic heterocycles. The molecule has 6 nitrogen and oxygen atoms in total. The number of carbonyl (C=O) groups excluding carboxylic acids is 1. The fourth-order valence-corrected chi connectivity index (χ4v) is 5.22. The van der Waals surface area contributed by atoms with Crippen LogP contribution >= 0.6 is 0 Å². The molecule has 0 saturated heterocycles. The third-order valence-electron chi connectivity index (χ3n) is 5.95. The molecule has 1 N–H and O–H groups in total. The number of nitro benzene ring substituents is 1. The Kier molecular flexibility index (Phi) is 3.90. The van der Waals surface area contributed by atoms with E-state index in [1.807, 2.05) is 0 Å². The van der Waals surface area contributed by atoms with Gasteiger partial charge in [0, 0.05) is 12.1 Å². The lowest BCUT2D eigenvalue weighted by atomic mass is 9.54. The fraction of sp³-hybridized carbons (Fsp3) is 0.611. The molecule has 0 radical (unpaired) electrons. The molecule has 4 aliphatic rings. The summed E-state index contributed by atoms with van der Waals surface area (Å²) in [5.74, 6) is 3.23. The number of benzene rings is 1. The van der Waals surface area contributed by atoms with Crippen LogP contribution in [0, 0.1) is 33.8 Å². The maximum absolute atomic E-state index is 12.3. The van der Waals surface area contributed by atoms with Gasteiger partial charge in [-0.2, -0.15) is 0 Å². The molecule has 4 fully saturated rings. The minimum absolute atomic E-state index is 0.0334. The maximum Gasteiger partial charge on any atom is 0.273 e. The number of rotatable bonds is 5. The van der Waals surface area contributed by atoms with E-state index in [1.54, 1.807) is 12.1 Å². The van der Waals surface area contributed by atoms with E-state index in [2.05, 4.69) is 5.32 Å². The van der Waals surface area contributed by atoms with Crippen molar-refractivity contribution < 1.29 is 14.5 Å². The highest BCUT2D eigenvalue weighted by atomic mass is 16.6. The average Bonchev–Trinajstić information content (AvgIpc) is 2.56. The third kappa shape index (κ3) is 2.97. The molecular formula is C18H22N2O4. The summed E-state index contributed by atoms with van der Waals surface area (Å²) in [6, 6.07) is 6.23. The van der Waals surface area contributed by atoms with Crippen molar-refractivity contribution in [2.24, 2.45) is 23.7 Å². The molecule has 1 amide bonds. The van der Waals surface area contributed by atoms with Crippen LogP contribution in [0.2, 0.25) is 0 Å². The smallest absolute Gasteiger partial charge is 0.273 e. The molecule has 0 aromatic heterocycles. The Morgan fingerprint density at radius 1 is 1.17 bits per heavy atom. The van der Waals surface area contributed by atoms with E-state index >= 15 is 0 Å². The Morgan fingerprint density at radius 3 is 2.46 bits per heavy atom. The van der Waals surface area contributed by atoms with Gasteiger partial charge in [-0.05, 0) is 61.8 Å². The van der Waals surface area contributed by atoms with Crippen LogP contribution in [0.15, 0.2) is 24.3 Å². The van der Waals surface area contributed by atoms with Crippen molar-refractivity contribution in [2.75, 3.05) is 6.61 Å². The Bertz CT molecular complexity index is 632. The summed E-state index contributed by atoms with van der Waals surface area (Å²) in [7, 11) is 0. The molecule has 0 atom stereocenters. The number of hydrogen-bond acceptors (Lipinski definition) is 4. The molecule has 24 heavy (non-hydrogen) atoms. The molecule has 4 saturated carbocycles. The van der Waals surface area contributed by atoms with E-state index in [-0.39, 0.29) is 18.2 Å². The molecule has 0 heterocycles. The zero-order chi connectivity index (χ0) is 16.7. The molecule has 0 spiro atoms. The lowest BCUT2D eigenvalue weighted by Gasteiger charge is -2.54. The molecule has 1 aromatic rings. The number of carbonyl (C=O) groups is 1. The first-order valence-electron chi connectivity index (χ1n) is 8.75. The van der Waals surface area contributed by atoms with Crippen molar-refractivity contribution in [1.82, 2.24) is 5.32 Å². The Balaban J connectivity index is 1.32. The van der Waals surface area contributed by atoms with Gasteiger partial charge in [0.1, 0.15) is 5.75 Å². The predicted molar refractivity (Wildman–Crippen MR) is 87.6 cm³/mol. The number of non-ortho nitro benzene ring substituents is 1. The summed E-state index contributed by atoms with van der Waals surface area (Å²) < 4.78 is 5.44. The second kappa shape index (κ2) is 6.07. The van der Waals surface area contributed by atoms with E-state index in [0.29, 0.717) is 23.6 Å². The highest BCUT2D eigenvalue weighted by Crippen LogP contribution is 2.53. The van der Waals surface area contributed by atoms with E-state index in [4.69, 9.17) is 4.74 Å². The summed E-state index contributed by atoms with van der Waals surface area (Å²) in [4.78, 5) is 22.6. The van der Waals surface area contributed by atoms with Crippen LogP contribution in [-0.4, -0.2) is 23.5 Å². The monoisotopic (exact) mass is 330 g/mol. The summed E-state index contributed by atoms with van der Waals surface area (Å²) in [6.45, 7) is -0.0933. The van der Waals surface area contributed by atoms with Gasteiger partial charge >= 0.3 is 0 Å². The van der Waals surface area contributed by atoms with Crippen molar-refractivity contribution in [3.8, 4) is 5.75 Å². The fourth-order valence-electron chi connectivity index (χ4n) is 5.22. The highest BCUT2D eigenvalue weighted by Gasteiger charge is 2.48. The maximum atomic E-state index is 12.3. The van der Waals surface area contributed by atoms with E-state index < -0.39 is 4.92 Å². The summed E-state index contributed by atoms with van der Waals surface area (Å²) in [6.07, 6.45) is 6.41.